The molecule has 1 heteroatoms. The summed E-state index contributed by atoms with van der Waals surface area (Å²) in [6.45, 7) is 0. The third-order valence-electron chi connectivity index (χ3n) is 9.97. The van der Waals surface area contributed by atoms with Gasteiger partial charge in [-0.2, -0.15) is 0 Å². The van der Waals surface area contributed by atoms with Crippen LogP contribution in [0.25, 0.3) is 44.5 Å². The van der Waals surface area contributed by atoms with Gasteiger partial charge in [-0.15, -0.1) is 0 Å². The summed E-state index contributed by atoms with van der Waals surface area (Å²) >= 11 is 6.20. The first-order valence-electron chi connectivity index (χ1n) is 15.4. The van der Waals surface area contributed by atoms with E-state index >= 15 is 0 Å². The Hall–Kier alpha value is -4.91. The summed E-state index contributed by atoms with van der Waals surface area (Å²) in [5, 5.41) is 0.754. The zero-order chi connectivity index (χ0) is 29.3. The van der Waals surface area contributed by atoms with E-state index in [2.05, 4.69) is 146 Å². The van der Waals surface area contributed by atoms with Gasteiger partial charge in [0, 0.05) is 10.9 Å². The van der Waals surface area contributed by atoms with E-state index in [9.17, 15) is 0 Å². The predicted molar refractivity (Wildman–Crippen MR) is 184 cm³/mol. The van der Waals surface area contributed by atoms with Crippen molar-refractivity contribution in [2.75, 3.05) is 0 Å². The molecule has 6 aromatic rings. The molecule has 0 amide bonds. The van der Waals surface area contributed by atoms with E-state index in [4.69, 9.17) is 11.6 Å². The van der Waals surface area contributed by atoms with Crippen LogP contribution in [0.15, 0.2) is 163 Å². The molecule has 6 aromatic carbocycles. The van der Waals surface area contributed by atoms with Crippen molar-refractivity contribution in [3.8, 4) is 44.5 Å². The lowest BCUT2D eigenvalue weighted by atomic mass is 9.69. The van der Waals surface area contributed by atoms with Crippen molar-refractivity contribution in [1.82, 2.24) is 0 Å². The minimum absolute atomic E-state index is 0.280. The molecule has 0 aromatic heterocycles. The first kappa shape index (κ1) is 25.6. The monoisotopic (exact) mass is 580 g/mol. The SMILES string of the molecule is Clc1ccc(-c2cccc(-c3ccccc3-c3cccc4c3C3CC=CC=C3C43c4ccccc4-c4ccccc43)c2)cc1. The Bertz CT molecular complexity index is 2120. The van der Waals surface area contributed by atoms with Gasteiger partial charge < -0.3 is 0 Å². The Morgan fingerprint density at radius 3 is 1.84 bits per heavy atom. The highest BCUT2D eigenvalue weighted by Crippen LogP contribution is 2.66. The average Bonchev–Trinajstić information content (AvgIpc) is 3.56. The number of allylic oxidation sites excluding steroid dienone is 4. The molecule has 3 aliphatic carbocycles. The molecule has 208 valence electrons. The molecule has 1 atom stereocenters. The molecular formula is C43H29Cl. The van der Waals surface area contributed by atoms with Gasteiger partial charge >= 0.3 is 0 Å². The molecule has 0 saturated heterocycles. The standard InChI is InChI=1S/C43H29Cl/c44-31-25-23-28(24-26-31)29-11-9-12-30(27-29)32-13-1-2-14-33(32)36-18-10-22-41-42(36)37-17-5-8-21-40(37)43(41)38-19-6-3-15-34(38)35-16-4-7-20-39(35)43/h1-16,18-27,37H,17H2. The van der Waals surface area contributed by atoms with E-state index in [0.717, 1.165) is 11.4 Å². The van der Waals surface area contributed by atoms with E-state index in [1.165, 1.54) is 72.3 Å². The van der Waals surface area contributed by atoms with Crippen molar-refractivity contribution in [2.24, 2.45) is 0 Å². The zero-order valence-electron chi connectivity index (χ0n) is 24.2. The molecule has 3 aliphatic rings. The minimum Gasteiger partial charge on any atom is -0.0843 e. The third-order valence-corrected chi connectivity index (χ3v) is 10.2. The van der Waals surface area contributed by atoms with E-state index in [0.29, 0.717) is 5.92 Å². The second kappa shape index (κ2) is 9.81. The highest BCUT2D eigenvalue weighted by atomic mass is 35.5. The number of fused-ring (bicyclic) bond motifs is 10. The van der Waals surface area contributed by atoms with Gasteiger partial charge in [0.15, 0.2) is 0 Å². The molecule has 0 saturated carbocycles. The Labute approximate surface area is 263 Å². The van der Waals surface area contributed by atoms with Crippen LogP contribution in [0.1, 0.15) is 34.6 Å². The highest BCUT2D eigenvalue weighted by molar-refractivity contribution is 6.30. The summed E-state index contributed by atoms with van der Waals surface area (Å²) in [6, 6.07) is 51.1. The van der Waals surface area contributed by atoms with Crippen LogP contribution in [0.4, 0.5) is 0 Å². The van der Waals surface area contributed by atoms with Gasteiger partial charge in [0.25, 0.3) is 0 Å². The van der Waals surface area contributed by atoms with Crippen LogP contribution < -0.4 is 0 Å². The van der Waals surface area contributed by atoms with Gasteiger partial charge in [-0.05, 0) is 97.0 Å². The molecule has 0 N–H and O–H groups in total. The lowest BCUT2D eigenvalue weighted by Crippen LogP contribution is -2.27. The molecule has 9 rings (SSSR count). The molecule has 0 radical (unpaired) electrons. The maximum absolute atomic E-state index is 6.20. The summed E-state index contributed by atoms with van der Waals surface area (Å²) in [5.74, 6) is 0.318. The Morgan fingerprint density at radius 2 is 1.09 bits per heavy atom. The maximum atomic E-state index is 6.20. The first-order chi connectivity index (χ1) is 21.7. The summed E-state index contributed by atoms with van der Waals surface area (Å²) in [4.78, 5) is 0. The van der Waals surface area contributed by atoms with Crippen LogP contribution in [-0.4, -0.2) is 0 Å². The Balaban J connectivity index is 1.29. The average molecular weight is 581 g/mol. The Kier molecular flexibility index (Phi) is 5.70. The van der Waals surface area contributed by atoms with Crippen molar-refractivity contribution in [1.29, 1.82) is 0 Å². The summed E-state index contributed by atoms with van der Waals surface area (Å²) in [6.07, 6.45) is 8.05. The second-order valence-corrected chi connectivity index (χ2v) is 12.5. The molecule has 1 spiro atoms. The quantitative estimate of drug-likeness (QED) is 0.195. The molecule has 1 unspecified atom stereocenters. The van der Waals surface area contributed by atoms with Crippen molar-refractivity contribution in [3.05, 3.63) is 191 Å². The van der Waals surface area contributed by atoms with Gasteiger partial charge in [0.2, 0.25) is 0 Å². The van der Waals surface area contributed by atoms with Gasteiger partial charge in [0.1, 0.15) is 0 Å². The lowest BCUT2D eigenvalue weighted by Gasteiger charge is -2.32. The fourth-order valence-electron chi connectivity index (χ4n) is 8.26. The zero-order valence-corrected chi connectivity index (χ0v) is 24.9. The summed E-state index contributed by atoms with van der Waals surface area (Å²) in [5.41, 5.74) is 17.1. The smallest absolute Gasteiger partial charge is 0.0685 e. The van der Waals surface area contributed by atoms with Gasteiger partial charge in [-0.3, -0.25) is 0 Å². The second-order valence-electron chi connectivity index (χ2n) is 12.1. The fraction of sp³-hybridized carbons (Fsp3) is 0.0698. The van der Waals surface area contributed by atoms with Crippen LogP contribution in [0.5, 0.6) is 0 Å². The molecule has 0 aliphatic heterocycles. The van der Waals surface area contributed by atoms with Crippen LogP contribution in [0, 0.1) is 0 Å². The van der Waals surface area contributed by atoms with Crippen molar-refractivity contribution >= 4 is 11.6 Å². The van der Waals surface area contributed by atoms with Crippen molar-refractivity contribution in [3.63, 3.8) is 0 Å². The van der Waals surface area contributed by atoms with E-state index < -0.39 is 0 Å². The lowest BCUT2D eigenvalue weighted by molar-refractivity contribution is 0.708. The van der Waals surface area contributed by atoms with Crippen molar-refractivity contribution < 1.29 is 0 Å². The third kappa shape index (κ3) is 3.52. The summed E-state index contributed by atoms with van der Waals surface area (Å²) in [7, 11) is 0. The normalized spacial score (nSPS) is 16.7. The van der Waals surface area contributed by atoms with Crippen LogP contribution in [-0.2, 0) is 5.41 Å². The van der Waals surface area contributed by atoms with E-state index in [1.807, 2.05) is 12.1 Å². The molecule has 44 heavy (non-hydrogen) atoms. The summed E-state index contributed by atoms with van der Waals surface area (Å²) < 4.78 is 0. The van der Waals surface area contributed by atoms with Crippen LogP contribution in [0.3, 0.4) is 0 Å². The predicted octanol–water partition coefficient (Wildman–Crippen LogP) is 11.6. The molecule has 0 nitrogen and oxygen atoms in total. The first-order valence-corrected chi connectivity index (χ1v) is 15.8. The number of halogens is 1. The van der Waals surface area contributed by atoms with Gasteiger partial charge in [-0.25, -0.2) is 0 Å². The highest BCUT2D eigenvalue weighted by Gasteiger charge is 2.55. The largest absolute Gasteiger partial charge is 0.0843 e. The number of hydrogen-bond donors (Lipinski definition) is 0. The van der Waals surface area contributed by atoms with Crippen molar-refractivity contribution in [2.45, 2.75) is 17.8 Å². The minimum atomic E-state index is -0.280. The van der Waals surface area contributed by atoms with E-state index in [1.54, 1.807) is 0 Å². The number of rotatable bonds is 3. The van der Waals surface area contributed by atoms with E-state index in [-0.39, 0.29) is 5.41 Å². The molecule has 0 bridgehead atoms. The number of hydrogen-bond acceptors (Lipinski definition) is 0. The maximum Gasteiger partial charge on any atom is 0.0685 e. The fourth-order valence-corrected chi connectivity index (χ4v) is 8.39. The van der Waals surface area contributed by atoms with Gasteiger partial charge in [-0.1, -0.05) is 151 Å². The van der Waals surface area contributed by atoms with Crippen LogP contribution in [0.2, 0.25) is 5.02 Å². The molecule has 0 heterocycles. The van der Waals surface area contributed by atoms with Gasteiger partial charge in [0.05, 0.1) is 5.41 Å². The number of benzene rings is 6. The molecule has 0 fully saturated rings. The molecular weight excluding hydrogens is 552 g/mol. The Morgan fingerprint density at radius 1 is 0.500 bits per heavy atom. The van der Waals surface area contributed by atoms with Crippen LogP contribution >= 0.6 is 11.6 Å². The topological polar surface area (TPSA) is 0 Å².